The van der Waals surface area contributed by atoms with E-state index in [-0.39, 0.29) is 5.91 Å². The molecule has 122 valence electrons. The first-order valence-corrected chi connectivity index (χ1v) is 8.45. The Morgan fingerprint density at radius 2 is 1.91 bits per heavy atom. The Labute approximate surface area is 145 Å². The Morgan fingerprint density at radius 3 is 2.65 bits per heavy atom. The zero-order valence-corrected chi connectivity index (χ0v) is 14.3. The molecule has 23 heavy (non-hydrogen) atoms. The van der Waals surface area contributed by atoms with Gasteiger partial charge in [-0.05, 0) is 36.4 Å². The number of methoxy groups -OCH3 is 1. The van der Waals surface area contributed by atoms with Crippen LogP contribution in [0, 0.1) is 0 Å². The minimum atomic E-state index is -0.0285. The number of carbonyl (C=O) groups excluding carboxylic acids is 1. The molecule has 0 fully saturated rings. The summed E-state index contributed by atoms with van der Waals surface area (Å²) in [6.07, 6.45) is 0. The Balaban J connectivity index is 1.63. The number of hydrogen-bond donors (Lipinski definition) is 1. The maximum atomic E-state index is 11.8. The predicted octanol–water partition coefficient (Wildman–Crippen LogP) is 3.64. The Morgan fingerprint density at radius 1 is 1.17 bits per heavy atom. The molecule has 0 unspecified atom stereocenters. The first kappa shape index (κ1) is 17.5. The molecule has 2 rings (SSSR count). The third kappa shape index (κ3) is 6.42. The second-order valence-electron chi connectivity index (χ2n) is 4.62. The van der Waals surface area contributed by atoms with Crippen LogP contribution >= 0.6 is 23.4 Å². The van der Waals surface area contributed by atoms with Crippen molar-refractivity contribution >= 4 is 29.3 Å². The van der Waals surface area contributed by atoms with Crippen molar-refractivity contribution in [2.24, 2.45) is 0 Å². The van der Waals surface area contributed by atoms with Crippen molar-refractivity contribution in [2.75, 3.05) is 26.0 Å². The van der Waals surface area contributed by atoms with Gasteiger partial charge in [0.15, 0.2) is 0 Å². The largest absolute Gasteiger partial charge is 0.497 e. The summed E-state index contributed by atoms with van der Waals surface area (Å²) in [4.78, 5) is 12.8. The van der Waals surface area contributed by atoms with E-state index in [4.69, 9.17) is 21.1 Å². The highest BCUT2D eigenvalue weighted by Gasteiger charge is 2.03. The lowest BCUT2D eigenvalue weighted by Crippen LogP contribution is -2.29. The highest BCUT2D eigenvalue weighted by molar-refractivity contribution is 8.00. The summed E-state index contributed by atoms with van der Waals surface area (Å²) in [7, 11) is 1.61. The van der Waals surface area contributed by atoms with Gasteiger partial charge in [0.2, 0.25) is 5.91 Å². The van der Waals surface area contributed by atoms with E-state index >= 15 is 0 Å². The lowest BCUT2D eigenvalue weighted by molar-refractivity contribution is -0.118. The second kappa shape index (κ2) is 9.33. The maximum absolute atomic E-state index is 11.8. The molecule has 0 aliphatic carbocycles. The smallest absolute Gasteiger partial charge is 0.230 e. The summed E-state index contributed by atoms with van der Waals surface area (Å²) in [5, 5.41) is 3.51. The highest BCUT2D eigenvalue weighted by Crippen LogP contribution is 2.20. The van der Waals surface area contributed by atoms with Gasteiger partial charge < -0.3 is 14.8 Å². The van der Waals surface area contributed by atoms with Gasteiger partial charge in [-0.3, -0.25) is 4.79 Å². The number of carbonyl (C=O) groups is 1. The lowest BCUT2D eigenvalue weighted by Gasteiger charge is -2.09. The zero-order valence-electron chi connectivity index (χ0n) is 12.8. The topological polar surface area (TPSA) is 47.6 Å². The Kier molecular flexibility index (Phi) is 7.10. The van der Waals surface area contributed by atoms with Crippen LogP contribution < -0.4 is 14.8 Å². The average Bonchev–Trinajstić information content (AvgIpc) is 2.58. The fraction of sp³-hybridized carbons (Fsp3) is 0.235. The first-order chi connectivity index (χ1) is 11.2. The minimum absolute atomic E-state index is 0.0285. The van der Waals surface area contributed by atoms with Crippen LogP contribution in [0.25, 0.3) is 0 Å². The van der Waals surface area contributed by atoms with Gasteiger partial charge in [0.1, 0.15) is 18.1 Å². The highest BCUT2D eigenvalue weighted by atomic mass is 35.5. The van der Waals surface area contributed by atoms with Crippen molar-refractivity contribution in [1.82, 2.24) is 5.32 Å². The molecule has 0 aromatic heterocycles. The van der Waals surface area contributed by atoms with Crippen LogP contribution in [0.3, 0.4) is 0 Å². The quantitative estimate of drug-likeness (QED) is 0.582. The average molecular weight is 352 g/mol. The van der Waals surface area contributed by atoms with E-state index in [2.05, 4.69) is 5.32 Å². The summed E-state index contributed by atoms with van der Waals surface area (Å²) >= 11 is 7.29. The molecule has 6 heteroatoms. The van der Waals surface area contributed by atoms with E-state index in [9.17, 15) is 4.79 Å². The number of hydrogen-bond acceptors (Lipinski definition) is 4. The van der Waals surface area contributed by atoms with Crippen molar-refractivity contribution in [2.45, 2.75) is 4.90 Å². The maximum Gasteiger partial charge on any atom is 0.230 e. The standard InChI is InChI=1S/C17H18ClNO3S/c1-21-14-3-2-4-15(11-14)22-10-9-19-17(20)12-23-16-7-5-13(18)6-8-16/h2-8,11H,9-10,12H2,1H3,(H,19,20). The molecule has 4 nitrogen and oxygen atoms in total. The fourth-order valence-corrected chi connectivity index (χ4v) is 2.64. The molecule has 0 aliphatic heterocycles. The van der Waals surface area contributed by atoms with Gasteiger partial charge in [0.05, 0.1) is 19.4 Å². The molecular weight excluding hydrogens is 334 g/mol. The predicted molar refractivity (Wildman–Crippen MR) is 93.7 cm³/mol. The van der Waals surface area contributed by atoms with Gasteiger partial charge in [-0.15, -0.1) is 11.8 Å². The van der Waals surface area contributed by atoms with E-state index in [1.807, 2.05) is 42.5 Å². The Bertz CT molecular complexity index is 634. The molecule has 1 N–H and O–H groups in total. The van der Waals surface area contributed by atoms with Crippen molar-refractivity contribution in [3.05, 3.63) is 53.6 Å². The number of thioether (sulfide) groups is 1. The van der Waals surface area contributed by atoms with Crippen molar-refractivity contribution in [1.29, 1.82) is 0 Å². The number of halogens is 1. The van der Waals surface area contributed by atoms with Gasteiger partial charge in [0.25, 0.3) is 0 Å². The van der Waals surface area contributed by atoms with Gasteiger partial charge >= 0.3 is 0 Å². The van der Waals surface area contributed by atoms with Crippen LogP contribution in [0.1, 0.15) is 0 Å². The number of rotatable bonds is 8. The molecule has 2 aromatic rings. The molecule has 0 saturated heterocycles. The van der Waals surface area contributed by atoms with Gasteiger partial charge in [-0.25, -0.2) is 0 Å². The third-order valence-electron chi connectivity index (χ3n) is 2.92. The minimum Gasteiger partial charge on any atom is -0.497 e. The van der Waals surface area contributed by atoms with E-state index in [1.165, 1.54) is 11.8 Å². The Hall–Kier alpha value is -1.85. The number of benzene rings is 2. The van der Waals surface area contributed by atoms with Crippen LogP contribution in [0.15, 0.2) is 53.4 Å². The normalized spacial score (nSPS) is 10.2. The van der Waals surface area contributed by atoms with Crippen LogP contribution in [-0.2, 0) is 4.79 Å². The number of nitrogens with one attached hydrogen (secondary N) is 1. The van der Waals surface area contributed by atoms with Crippen LogP contribution in [0.2, 0.25) is 5.02 Å². The summed E-state index contributed by atoms with van der Waals surface area (Å²) in [6.45, 7) is 0.863. The molecule has 0 bridgehead atoms. The fourth-order valence-electron chi connectivity index (χ4n) is 1.78. The summed E-state index contributed by atoms with van der Waals surface area (Å²) < 4.78 is 10.7. The van der Waals surface area contributed by atoms with Gasteiger partial charge in [-0.1, -0.05) is 17.7 Å². The molecular formula is C17H18ClNO3S. The van der Waals surface area contributed by atoms with E-state index in [0.717, 1.165) is 10.6 Å². The SMILES string of the molecule is COc1cccc(OCCNC(=O)CSc2ccc(Cl)cc2)c1. The molecule has 0 atom stereocenters. The van der Waals surface area contributed by atoms with E-state index < -0.39 is 0 Å². The van der Waals surface area contributed by atoms with Crippen LogP contribution in [0.4, 0.5) is 0 Å². The summed E-state index contributed by atoms with van der Waals surface area (Å²) in [5.74, 6) is 1.79. The number of amides is 1. The molecule has 0 heterocycles. The van der Waals surface area contributed by atoms with Crippen molar-refractivity contribution in [3.63, 3.8) is 0 Å². The first-order valence-electron chi connectivity index (χ1n) is 7.09. The summed E-state index contributed by atoms with van der Waals surface area (Å²) in [5.41, 5.74) is 0. The van der Waals surface area contributed by atoms with E-state index in [1.54, 1.807) is 13.2 Å². The molecule has 0 aliphatic rings. The van der Waals surface area contributed by atoms with Crippen molar-refractivity contribution < 1.29 is 14.3 Å². The second-order valence-corrected chi connectivity index (χ2v) is 6.11. The monoisotopic (exact) mass is 351 g/mol. The molecule has 0 saturated carbocycles. The van der Waals surface area contributed by atoms with E-state index in [0.29, 0.717) is 29.7 Å². The van der Waals surface area contributed by atoms with Crippen molar-refractivity contribution in [3.8, 4) is 11.5 Å². The molecule has 0 radical (unpaired) electrons. The number of ether oxygens (including phenoxy) is 2. The zero-order chi connectivity index (χ0) is 16.5. The molecule has 0 spiro atoms. The molecule has 2 aromatic carbocycles. The molecule has 1 amide bonds. The lowest BCUT2D eigenvalue weighted by atomic mass is 10.3. The van der Waals surface area contributed by atoms with Crippen LogP contribution in [-0.4, -0.2) is 31.9 Å². The van der Waals surface area contributed by atoms with Crippen LogP contribution in [0.5, 0.6) is 11.5 Å². The van der Waals surface area contributed by atoms with Gasteiger partial charge in [-0.2, -0.15) is 0 Å². The summed E-state index contributed by atoms with van der Waals surface area (Å²) in [6, 6.07) is 14.8. The third-order valence-corrected chi connectivity index (χ3v) is 4.18. The van der Waals surface area contributed by atoms with Gasteiger partial charge in [0, 0.05) is 16.0 Å².